The second kappa shape index (κ2) is 7.04. The van der Waals surface area contributed by atoms with Crippen LogP contribution in [0.2, 0.25) is 0 Å². The molecule has 0 atom stereocenters. The highest BCUT2D eigenvalue weighted by Gasteiger charge is 2.20. The number of ether oxygens (including phenoxy) is 1. The van der Waals surface area contributed by atoms with Crippen molar-refractivity contribution in [2.45, 2.75) is 25.7 Å². The molecule has 0 radical (unpaired) electrons. The lowest BCUT2D eigenvalue weighted by molar-refractivity contribution is -0.135. The van der Waals surface area contributed by atoms with Crippen LogP contribution in [-0.2, 0) is 22.4 Å². The molecule has 1 N–H and O–H groups in total. The van der Waals surface area contributed by atoms with Crippen molar-refractivity contribution < 1.29 is 14.6 Å². The first-order valence-electron chi connectivity index (χ1n) is 7.04. The molecule has 21 heavy (non-hydrogen) atoms. The Morgan fingerprint density at radius 3 is 2.95 bits per heavy atom. The smallest absolute Gasteiger partial charge is 0.323 e. The standard InChI is InChI=1S/C15H19N3O3/c1-21-7-6-18(10-14(19)20)15-12(9-16)8-11-4-2-3-5-13(11)17-15/h8H,2-7,10H2,1H3,(H,19,20). The third kappa shape index (κ3) is 3.70. The highest BCUT2D eigenvalue weighted by molar-refractivity contribution is 5.74. The van der Waals surface area contributed by atoms with Gasteiger partial charge in [-0.05, 0) is 37.3 Å². The lowest BCUT2D eigenvalue weighted by atomic mass is 9.95. The molecule has 0 fully saturated rings. The zero-order valence-electron chi connectivity index (χ0n) is 12.1. The Morgan fingerprint density at radius 1 is 1.52 bits per heavy atom. The SMILES string of the molecule is COCCN(CC(=O)O)c1nc2c(cc1C#N)CCCC2. The van der Waals surface area contributed by atoms with Crippen molar-refractivity contribution >= 4 is 11.8 Å². The number of hydrogen-bond acceptors (Lipinski definition) is 5. The van der Waals surface area contributed by atoms with Gasteiger partial charge in [-0.1, -0.05) is 0 Å². The monoisotopic (exact) mass is 289 g/mol. The fraction of sp³-hybridized carbons (Fsp3) is 0.533. The fourth-order valence-electron chi connectivity index (χ4n) is 2.57. The Morgan fingerprint density at radius 2 is 2.29 bits per heavy atom. The minimum atomic E-state index is -0.950. The average molecular weight is 289 g/mol. The van der Waals surface area contributed by atoms with Crippen LogP contribution < -0.4 is 4.90 Å². The Labute approximate surface area is 124 Å². The normalized spacial score (nSPS) is 13.3. The van der Waals surface area contributed by atoms with Crippen molar-refractivity contribution in [2.75, 3.05) is 31.7 Å². The number of aryl methyl sites for hydroxylation is 2. The molecule has 0 amide bonds. The Kier molecular flexibility index (Phi) is 5.12. The number of anilines is 1. The molecule has 0 aromatic carbocycles. The van der Waals surface area contributed by atoms with Crippen LogP contribution in [-0.4, -0.2) is 42.9 Å². The van der Waals surface area contributed by atoms with E-state index in [0.717, 1.165) is 36.9 Å². The minimum absolute atomic E-state index is 0.191. The van der Waals surface area contributed by atoms with Gasteiger partial charge in [0.25, 0.3) is 0 Å². The van der Waals surface area contributed by atoms with E-state index in [0.29, 0.717) is 24.5 Å². The number of carbonyl (C=O) groups is 1. The Balaban J connectivity index is 2.37. The summed E-state index contributed by atoms with van der Waals surface area (Å²) in [6.45, 7) is 0.587. The minimum Gasteiger partial charge on any atom is -0.480 e. The van der Waals surface area contributed by atoms with Crippen molar-refractivity contribution in [3.05, 3.63) is 22.9 Å². The van der Waals surface area contributed by atoms with E-state index in [4.69, 9.17) is 9.84 Å². The number of hydrogen-bond donors (Lipinski definition) is 1. The van der Waals surface area contributed by atoms with E-state index >= 15 is 0 Å². The summed E-state index contributed by atoms with van der Waals surface area (Å²) >= 11 is 0. The number of carboxylic acid groups (broad SMARTS) is 1. The molecule has 6 nitrogen and oxygen atoms in total. The van der Waals surface area contributed by atoms with E-state index in [1.807, 2.05) is 6.07 Å². The van der Waals surface area contributed by atoms with Crippen LogP contribution in [0, 0.1) is 11.3 Å². The number of pyridine rings is 1. The molecule has 6 heteroatoms. The quantitative estimate of drug-likeness (QED) is 0.851. The molecule has 2 rings (SSSR count). The van der Waals surface area contributed by atoms with Gasteiger partial charge < -0.3 is 14.7 Å². The van der Waals surface area contributed by atoms with Crippen LogP contribution in [0.25, 0.3) is 0 Å². The first-order valence-corrected chi connectivity index (χ1v) is 7.04. The molecule has 0 aliphatic heterocycles. The van der Waals surface area contributed by atoms with Crippen LogP contribution in [0.1, 0.15) is 29.7 Å². The van der Waals surface area contributed by atoms with E-state index in [9.17, 15) is 10.1 Å². The van der Waals surface area contributed by atoms with Gasteiger partial charge in [0.1, 0.15) is 18.4 Å². The third-order valence-corrected chi connectivity index (χ3v) is 3.59. The molecular weight excluding hydrogens is 270 g/mol. The summed E-state index contributed by atoms with van der Waals surface area (Å²) in [4.78, 5) is 17.2. The van der Waals surface area contributed by atoms with Crippen LogP contribution in [0.4, 0.5) is 5.82 Å². The first-order chi connectivity index (χ1) is 10.2. The maximum absolute atomic E-state index is 11.0. The number of aromatic nitrogens is 1. The third-order valence-electron chi connectivity index (χ3n) is 3.59. The lowest BCUT2D eigenvalue weighted by Crippen LogP contribution is -2.34. The van der Waals surface area contributed by atoms with Crippen molar-refractivity contribution in [1.82, 2.24) is 4.98 Å². The number of nitriles is 1. The number of rotatable bonds is 6. The zero-order chi connectivity index (χ0) is 15.2. The summed E-state index contributed by atoms with van der Waals surface area (Å²) < 4.78 is 5.02. The highest BCUT2D eigenvalue weighted by atomic mass is 16.5. The molecule has 0 saturated carbocycles. The van der Waals surface area contributed by atoms with Gasteiger partial charge in [-0.15, -0.1) is 0 Å². The van der Waals surface area contributed by atoms with Gasteiger partial charge in [-0.3, -0.25) is 4.79 Å². The van der Waals surface area contributed by atoms with Gasteiger partial charge in [0, 0.05) is 19.3 Å². The Hall–Kier alpha value is -2.13. The van der Waals surface area contributed by atoms with Crippen LogP contribution >= 0.6 is 0 Å². The molecule has 1 aromatic heterocycles. The van der Waals surface area contributed by atoms with E-state index < -0.39 is 5.97 Å². The average Bonchev–Trinajstić information content (AvgIpc) is 2.49. The van der Waals surface area contributed by atoms with Gasteiger partial charge in [-0.25, -0.2) is 4.98 Å². The summed E-state index contributed by atoms with van der Waals surface area (Å²) in [6.07, 6.45) is 4.03. The number of nitrogens with zero attached hydrogens (tertiary/aromatic N) is 3. The van der Waals surface area contributed by atoms with E-state index in [2.05, 4.69) is 11.1 Å². The van der Waals surface area contributed by atoms with Crippen molar-refractivity contribution in [3.63, 3.8) is 0 Å². The molecule has 1 heterocycles. The van der Waals surface area contributed by atoms with Crippen LogP contribution in [0.3, 0.4) is 0 Å². The fourth-order valence-corrected chi connectivity index (χ4v) is 2.57. The molecule has 1 aromatic rings. The van der Waals surface area contributed by atoms with Gasteiger partial charge in [0.15, 0.2) is 0 Å². The maximum atomic E-state index is 11.0. The van der Waals surface area contributed by atoms with Crippen LogP contribution in [0.5, 0.6) is 0 Å². The zero-order valence-corrected chi connectivity index (χ0v) is 12.1. The largest absolute Gasteiger partial charge is 0.480 e. The van der Waals surface area contributed by atoms with Gasteiger partial charge in [0.2, 0.25) is 0 Å². The summed E-state index contributed by atoms with van der Waals surface area (Å²) in [7, 11) is 1.56. The number of carboxylic acids is 1. The second-order valence-corrected chi connectivity index (χ2v) is 5.09. The topological polar surface area (TPSA) is 86.4 Å². The van der Waals surface area contributed by atoms with E-state index in [1.54, 1.807) is 12.0 Å². The summed E-state index contributed by atoms with van der Waals surface area (Å²) in [5.74, 6) is -0.493. The number of aliphatic carboxylic acids is 1. The molecule has 1 aliphatic rings. The lowest BCUT2D eigenvalue weighted by Gasteiger charge is -2.25. The summed E-state index contributed by atoms with van der Waals surface area (Å²) in [5.41, 5.74) is 2.54. The summed E-state index contributed by atoms with van der Waals surface area (Å²) in [5, 5.41) is 18.4. The van der Waals surface area contributed by atoms with Crippen molar-refractivity contribution in [3.8, 4) is 6.07 Å². The first kappa shape index (κ1) is 15.3. The van der Waals surface area contributed by atoms with Gasteiger partial charge in [0.05, 0.1) is 12.2 Å². The number of fused-ring (bicyclic) bond motifs is 1. The molecule has 0 unspecified atom stereocenters. The predicted molar refractivity (Wildman–Crippen MR) is 77.3 cm³/mol. The molecular formula is C15H19N3O3. The maximum Gasteiger partial charge on any atom is 0.323 e. The van der Waals surface area contributed by atoms with E-state index in [-0.39, 0.29) is 6.54 Å². The second-order valence-electron chi connectivity index (χ2n) is 5.09. The van der Waals surface area contributed by atoms with Crippen LogP contribution in [0.15, 0.2) is 6.07 Å². The molecule has 112 valence electrons. The van der Waals surface area contributed by atoms with E-state index in [1.165, 1.54) is 0 Å². The molecule has 0 saturated heterocycles. The summed E-state index contributed by atoms with van der Waals surface area (Å²) in [6, 6.07) is 4.00. The van der Waals surface area contributed by atoms with Crippen molar-refractivity contribution in [2.24, 2.45) is 0 Å². The molecule has 0 spiro atoms. The Bertz CT molecular complexity index is 566. The molecule has 0 bridgehead atoms. The van der Waals surface area contributed by atoms with Gasteiger partial charge >= 0.3 is 5.97 Å². The predicted octanol–water partition coefficient (Wildman–Crippen LogP) is 1.37. The molecule has 1 aliphatic carbocycles. The number of methoxy groups -OCH3 is 1. The van der Waals surface area contributed by atoms with Crippen molar-refractivity contribution in [1.29, 1.82) is 5.26 Å². The highest BCUT2D eigenvalue weighted by Crippen LogP contribution is 2.26. The van der Waals surface area contributed by atoms with Gasteiger partial charge in [-0.2, -0.15) is 5.26 Å².